The molecule has 2 heterocycles. The Balaban J connectivity index is 1.93. The van der Waals surface area contributed by atoms with Crippen LogP contribution in [0.25, 0.3) is 0 Å². The van der Waals surface area contributed by atoms with Gasteiger partial charge < -0.3 is 10.2 Å². The Hall–Kier alpha value is -1.19. The molecule has 1 aromatic heterocycles. The van der Waals surface area contributed by atoms with Gasteiger partial charge in [0.15, 0.2) is 0 Å². The van der Waals surface area contributed by atoms with Crippen LogP contribution in [0.2, 0.25) is 0 Å². The lowest BCUT2D eigenvalue weighted by Crippen LogP contribution is -2.19. The van der Waals surface area contributed by atoms with Gasteiger partial charge in [-0.05, 0) is 17.7 Å². The highest BCUT2D eigenvalue weighted by Gasteiger charge is 2.29. The number of rotatable bonds is 2. The lowest BCUT2D eigenvalue weighted by atomic mass is 9.90. The molecule has 1 aliphatic rings. The van der Waals surface area contributed by atoms with Gasteiger partial charge in [0.1, 0.15) is 0 Å². The molecule has 1 aromatic carbocycles. The molecule has 0 fully saturated rings. The first kappa shape index (κ1) is 10.00. The molecule has 3 heteroatoms. The van der Waals surface area contributed by atoms with E-state index >= 15 is 0 Å². The van der Waals surface area contributed by atoms with Crippen molar-refractivity contribution in [3.05, 3.63) is 54.0 Å². The maximum absolute atomic E-state index is 6.29. The number of hydrogen-bond donors (Lipinski definition) is 1. The molecule has 3 rings (SSSR count). The summed E-state index contributed by atoms with van der Waals surface area (Å²) >= 11 is 1.89. The molecule has 1 aliphatic heterocycles. The van der Waals surface area contributed by atoms with Gasteiger partial charge in [-0.3, -0.25) is 0 Å². The molecule has 0 spiro atoms. The lowest BCUT2D eigenvalue weighted by Gasteiger charge is -2.18. The van der Waals surface area contributed by atoms with Crippen molar-refractivity contribution in [3.8, 4) is 0 Å². The van der Waals surface area contributed by atoms with Crippen LogP contribution in [-0.2, 0) is 0 Å². The largest absolute Gasteiger partial charge is 0.472 e. The molecule has 2 nitrogen and oxygen atoms in total. The number of thioether (sulfide) groups is 1. The van der Waals surface area contributed by atoms with Crippen LogP contribution in [-0.4, -0.2) is 5.75 Å². The number of hydrogen-bond acceptors (Lipinski definition) is 3. The summed E-state index contributed by atoms with van der Waals surface area (Å²) in [4.78, 5) is 1.37. The van der Waals surface area contributed by atoms with Crippen molar-refractivity contribution in [2.24, 2.45) is 5.73 Å². The van der Waals surface area contributed by atoms with Crippen LogP contribution in [0.15, 0.2) is 52.2 Å². The van der Waals surface area contributed by atoms with Crippen LogP contribution < -0.4 is 5.73 Å². The smallest absolute Gasteiger partial charge is 0.0950 e. The maximum Gasteiger partial charge on any atom is 0.0950 e. The van der Waals surface area contributed by atoms with E-state index < -0.39 is 0 Å². The van der Waals surface area contributed by atoms with Crippen LogP contribution in [0.3, 0.4) is 0 Å². The molecule has 2 unspecified atom stereocenters. The minimum Gasteiger partial charge on any atom is -0.472 e. The Labute approximate surface area is 98.8 Å². The Morgan fingerprint density at radius 2 is 2.19 bits per heavy atom. The predicted molar refractivity (Wildman–Crippen MR) is 65.5 cm³/mol. The number of nitrogens with two attached hydrogens (primary N) is 1. The van der Waals surface area contributed by atoms with E-state index in [2.05, 4.69) is 24.3 Å². The monoisotopic (exact) mass is 231 g/mol. The van der Waals surface area contributed by atoms with Crippen LogP contribution in [0.1, 0.15) is 23.1 Å². The van der Waals surface area contributed by atoms with Gasteiger partial charge in [-0.1, -0.05) is 18.2 Å². The molecule has 2 N–H and O–H groups in total. The fourth-order valence-corrected chi connectivity index (χ4v) is 3.49. The van der Waals surface area contributed by atoms with E-state index in [9.17, 15) is 0 Å². The number of benzene rings is 1. The predicted octanol–water partition coefficient (Wildman–Crippen LogP) is 3.17. The molecule has 0 saturated carbocycles. The van der Waals surface area contributed by atoms with Crippen molar-refractivity contribution >= 4 is 11.8 Å². The van der Waals surface area contributed by atoms with Gasteiger partial charge in [-0.15, -0.1) is 11.8 Å². The summed E-state index contributed by atoms with van der Waals surface area (Å²) < 4.78 is 5.10. The normalized spacial score (nSPS) is 20.7. The summed E-state index contributed by atoms with van der Waals surface area (Å²) in [6, 6.07) is 10.5. The van der Waals surface area contributed by atoms with E-state index in [1.165, 1.54) is 10.5 Å². The summed E-state index contributed by atoms with van der Waals surface area (Å²) in [5, 5.41) is 0. The summed E-state index contributed by atoms with van der Waals surface area (Å²) in [5.41, 5.74) is 8.75. The zero-order chi connectivity index (χ0) is 11.0. The van der Waals surface area contributed by atoms with Gasteiger partial charge in [0.2, 0.25) is 0 Å². The quantitative estimate of drug-likeness (QED) is 0.862. The number of furan rings is 1. The van der Waals surface area contributed by atoms with Gasteiger partial charge >= 0.3 is 0 Å². The van der Waals surface area contributed by atoms with Gasteiger partial charge in [0.25, 0.3) is 0 Å². The molecule has 0 aliphatic carbocycles. The second-order valence-electron chi connectivity index (χ2n) is 4.04. The third kappa shape index (κ3) is 1.56. The highest BCUT2D eigenvalue weighted by atomic mass is 32.2. The van der Waals surface area contributed by atoms with Crippen LogP contribution in [0, 0.1) is 0 Å². The lowest BCUT2D eigenvalue weighted by molar-refractivity contribution is 0.547. The number of fused-ring (bicyclic) bond motifs is 1. The minimum absolute atomic E-state index is 0.0369. The first-order valence-corrected chi connectivity index (χ1v) is 6.34. The van der Waals surface area contributed by atoms with Crippen molar-refractivity contribution in [2.75, 3.05) is 5.75 Å². The average molecular weight is 231 g/mol. The molecular formula is C13H13NOS. The van der Waals surface area contributed by atoms with Crippen LogP contribution >= 0.6 is 11.8 Å². The highest BCUT2D eigenvalue weighted by Crippen LogP contribution is 2.44. The first-order valence-electron chi connectivity index (χ1n) is 5.35. The second-order valence-corrected chi connectivity index (χ2v) is 5.10. The fourth-order valence-electron chi connectivity index (χ4n) is 2.18. The molecule has 0 radical (unpaired) electrons. The molecule has 2 atom stereocenters. The molecular weight excluding hydrogens is 218 g/mol. The standard InChI is InChI=1S/C13H13NOS/c14-13(9-5-6-15-7-9)11-8-16-12-4-2-1-3-10(11)12/h1-7,11,13H,8,14H2. The molecule has 0 amide bonds. The third-order valence-electron chi connectivity index (χ3n) is 3.10. The summed E-state index contributed by atoms with van der Waals surface area (Å²) in [7, 11) is 0. The van der Waals surface area contributed by atoms with Gasteiger partial charge in [-0.2, -0.15) is 0 Å². The van der Waals surface area contributed by atoms with Crippen molar-refractivity contribution in [2.45, 2.75) is 16.9 Å². The van der Waals surface area contributed by atoms with Crippen molar-refractivity contribution in [1.29, 1.82) is 0 Å². The van der Waals surface area contributed by atoms with E-state index in [0.29, 0.717) is 5.92 Å². The Morgan fingerprint density at radius 1 is 1.31 bits per heavy atom. The van der Waals surface area contributed by atoms with Crippen LogP contribution in [0.5, 0.6) is 0 Å². The maximum atomic E-state index is 6.29. The van der Waals surface area contributed by atoms with Crippen molar-refractivity contribution in [3.63, 3.8) is 0 Å². The van der Waals surface area contributed by atoms with Crippen molar-refractivity contribution in [1.82, 2.24) is 0 Å². The Bertz CT molecular complexity index is 480. The van der Waals surface area contributed by atoms with E-state index in [1.54, 1.807) is 12.5 Å². The van der Waals surface area contributed by atoms with Crippen molar-refractivity contribution < 1.29 is 4.42 Å². The molecule has 82 valence electrons. The average Bonchev–Trinajstić information content (AvgIpc) is 2.98. The van der Waals surface area contributed by atoms with E-state index in [0.717, 1.165) is 11.3 Å². The fraction of sp³-hybridized carbons (Fsp3) is 0.231. The SMILES string of the molecule is NC(c1ccoc1)C1CSc2ccccc21. The molecule has 0 bridgehead atoms. The Kier molecular flexibility index (Phi) is 2.50. The van der Waals surface area contributed by atoms with Gasteiger partial charge in [-0.25, -0.2) is 0 Å². The van der Waals surface area contributed by atoms with Crippen LogP contribution in [0.4, 0.5) is 0 Å². The van der Waals surface area contributed by atoms with Gasteiger partial charge in [0, 0.05) is 28.2 Å². The zero-order valence-electron chi connectivity index (χ0n) is 8.80. The minimum atomic E-state index is 0.0369. The Morgan fingerprint density at radius 3 is 3.00 bits per heavy atom. The van der Waals surface area contributed by atoms with E-state index in [4.69, 9.17) is 10.2 Å². The first-order chi connectivity index (χ1) is 7.86. The molecule has 2 aromatic rings. The second kappa shape index (κ2) is 4.00. The van der Waals surface area contributed by atoms with E-state index in [1.807, 2.05) is 17.8 Å². The zero-order valence-corrected chi connectivity index (χ0v) is 9.61. The van der Waals surface area contributed by atoms with Gasteiger partial charge in [0.05, 0.1) is 12.5 Å². The molecule has 16 heavy (non-hydrogen) atoms. The highest BCUT2D eigenvalue weighted by molar-refractivity contribution is 7.99. The summed E-state index contributed by atoms with van der Waals surface area (Å²) in [6.45, 7) is 0. The third-order valence-corrected chi connectivity index (χ3v) is 4.31. The summed E-state index contributed by atoms with van der Waals surface area (Å²) in [6.07, 6.45) is 3.43. The summed E-state index contributed by atoms with van der Waals surface area (Å²) in [5.74, 6) is 1.46. The van der Waals surface area contributed by atoms with E-state index in [-0.39, 0.29) is 6.04 Å². The topological polar surface area (TPSA) is 39.2 Å². The molecule has 0 saturated heterocycles.